The number of benzene rings is 1. The van der Waals surface area contributed by atoms with Gasteiger partial charge in [0.1, 0.15) is 12.2 Å². The highest BCUT2D eigenvalue weighted by Crippen LogP contribution is 2.34. The molecule has 0 radical (unpaired) electrons. The second-order valence-electron chi connectivity index (χ2n) is 7.29. The maximum atomic E-state index is 11.5. The molecule has 1 fully saturated rings. The third-order valence-electron chi connectivity index (χ3n) is 4.03. The Morgan fingerprint density at radius 3 is 2.48 bits per heavy atom. The molecule has 23 heavy (non-hydrogen) atoms. The minimum absolute atomic E-state index is 0.00465. The van der Waals surface area contributed by atoms with Gasteiger partial charge in [0.25, 0.3) is 0 Å². The standard InChI is InChI=1S/C19H28O4/c1-19(2,3)23-18(21)13-22-11-10-14-4-6-15(7-5-14)16-8-9-17(20)12-16/h4-7,16-17,20H,8-13H2,1-3H3. The number of hydrogen-bond donors (Lipinski definition) is 1. The summed E-state index contributed by atoms with van der Waals surface area (Å²) in [6.45, 7) is 6.03. The number of aliphatic hydroxyl groups is 1. The molecule has 0 saturated heterocycles. The van der Waals surface area contributed by atoms with E-state index in [4.69, 9.17) is 9.47 Å². The Labute approximate surface area is 138 Å². The molecule has 0 aromatic heterocycles. The quantitative estimate of drug-likeness (QED) is 0.646. The first-order valence-electron chi connectivity index (χ1n) is 8.40. The molecule has 0 bridgehead atoms. The van der Waals surface area contributed by atoms with Crippen molar-refractivity contribution in [3.8, 4) is 0 Å². The summed E-state index contributed by atoms with van der Waals surface area (Å²) in [6.07, 6.45) is 3.49. The lowest BCUT2D eigenvalue weighted by molar-refractivity contribution is -0.160. The molecule has 0 amide bonds. The normalized spacial score (nSPS) is 21.4. The zero-order valence-electron chi connectivity index (χ0n) is 14.4. The van der Waals surface area contributed by atoms with Crippen LogP contribution in [0.5, 0.6) is 0 Å². The van der Waals surface area contributed by atoms with E-state index in [2.05, 4.69) is 24.3 Å². The first-order valence-corrected chi connectivity index (χ1v) is 8.40. The molecule has 2 unspecified atom stereocenters. The summed E-state index contributed by atoms with van der Waals surface area (Å²) in [6, 6.07) is 8.51. The van der Waals surface area contributed by atoms with E-state index in [1.54, 1.807) is 0 Å². The zero-order valence-corrected chi connectivity index (χ0v) is 14.4. The number of esters is 1. The molecule has 0 heterocycles. The molecule has 1 saturated carbocycles. The molecule has 1 aromatic rings. The van der Waals surface area contributed by atoms with E-state index in [1.165, 1.54) is 11.1 Å². The maximum Gasteiger partial charge on any atom is 0.332 e. The van der Waals surface area contributed by atoms with Crippen LogP contribution in [0.3, 0.4) is 0 Å². The van der Waals surface area contributed by atoms with Crippen molar-refractivity contribution in [2.75, 3.05) is 13.2 Å². The molecule has 1 aliphatic carbocycles. The van der Waals surface area contributed by atoms with E-state index in [-0.39, 0.29) is 18.7 Å². The van der Waals surface area contributed by atoms with E-state index >= 15 is 0 Å². The van der Waals surface area contributed by atoms with Gasteiger partial charge in [-0.15, -0.1) is 0 Å². The van der Waals surface area contributed by atoms with E-state index in [9.17, 15) is 9.90 Å². The molecular weight excluding hydrogens is 292 g/mol. The lowest BCUT2D eigenvalue weighted by atomic mass is 9.96. The summed E-state index contributed by atoms with van der Waals surface area (Å²) in [5, 5.41) is 9.62. The molecule has 2 atom stereocenters. The largest absolute Gasteiger partial charge is 0.458 e. The van der Waals surface area contributed by atoms with Crippen LogP contribution in [0.25, 0.3) is 0 Å². The van der Waals surface area contributed by atoms with Gasteiger partial charge in [0.15, 0.2) is 0 Å². The minimum Gasteiger partial charge on any atom is -0.458 e. The molecule has 1 aliphatic rings. The van der Waals surface area contributed by atoms with Gasteiger partial charge in [0, 0.05) is 0 Å². The van der Waals surface area contributed by atoms with Gasteiger partial charge in [0.05, 0.1) is 12.7 Å². The van der Waals surface area contributed by atoms with Gasteiger partial charge in [-0.05, 0) is 63.5 Å². The third-order valence-corrected chi connectivity index (χ3v) is 4.03. The smallest absolute Gasteiger partial charge is 0.332 e. The van der Waals surface area contributed by atoms with Crippen molar-refractivity contribution in [1.29, 1.82) is 0 Å². The first-order chi connectivity index (χ1) is 10.8. The second kappa shape index (κ2) is 7.93. The fourth-order valence-electron chi connectivity index (χ4n) is 2.93. The Hall–Kier alpha value is -1.39. The number of rotatable bonds is 6. The predicted molar refractivity (Wildman–Crippen MR) is 89.4 cm³/mol. The van der Waals surface area contributed by atoms with Crippen molar-refractivity contribution >= 4 is 5.97 Å². The highest BCUT2D eigenvalue weighted by molar-refractivity contribution is 5.71. The van der Waals surface area contributed by atoms with Gasteiger partial charge in [0.2, 0.25) is 0 Å². The maximum absolute atomic E-state index is 11.5. The van der Waals surface area contributed by atoms with Gasteiger partial charge in [-0.25, -0.2) is 4.79 Å². The second-order valence-corrected chi connectivity index (χ2v) is 7.29. The predicted octanol–water partition coefficient (Wildman–Crippen LogP) is 3.22. The number of aliphatic hydroxyl groups excluding tert-OH is 1. The summed E-state index contributed by atoms with van der Waals surface area (Å²) in [5.74, 6) is 0.162. The Morgan fingerprint density at radius 2 is 1.91 bits per heavy atom. The number of carbonyl (C=O) groups excluding carboxylic acids is 1. The Balaban J connectivity index is 1.69. The van der Waals surface area contributed by atoms with E-state index < -0.39 is 5.60 Å². The van der Waals surface area contributed by atoms with Crippen LogP contribution in [0.15, 0.2) is 24.3 Å². The van der Waals surface area contributed by atoms with Crippen molar-refractivity contribution in [2.24, 2.45) is 0 Å². The fourth-order valence-corrected chi connectivity index (χ4v) is 2.93. The molecule has 4 heteroatoms. The van der Waals surface area contributed by atoms with Crippen molar-refractivity contribution < 1.29 is 19.4 Å². The van der Waals surface area contributed by atoms with Crippen LogP contribution in [0.2, 0.25) is 0 Å². The Kier molecular flexibility index (Phi) is 6.19. The van der Waals surface area contributed by atoms with Gasteiger partial charge >= 0.3 is 5.97 Å². The summed E-state index contributed by atoms with van der Waals surface area (Å²) in [7, 11) is 0. The van der Waals surface area contributed by atoms with Crippen LogP contribution in [0.4, 0.5) is 0 Å². The van der Waals surface area contributed by atoms with Crippen molar-refractivity contribution in [2.45, 2.75) is 64.1 Å². The first kappa shape index (κ1) is 18.0. The summed E-state index contributed by atoms with van der Waals surface area (Å²) in [4.78, 5) is 11.5. The van der Waals surface area contributed by atoms with Gasteiger partial charge in [-0.3, -0.25) is 0 Å². The van der Waals surface area contributed by atoms with Crippen LogP contribution >= 0.6 is 0 Å². The van der Waals surface area contributed by atoms with E-state index in [0.717, 1.165) is 25.7 Å². The van der Waals surface area contributed by atoms with Crippen LogP contribution in [0.1, 0.15) is 57.1 Å². The minimum atomic E-state index is -0.468. The monoisotopic (exact) mass is 320 g/mol. The van der Waals surface area contributed by atoms with Crippen molar-refractivity contribution in [3.05, 3.63) is 35.4 Å². The average molecular weight is 320 g/mol. The SMILES string of the molecule is CC(C)(C)OC(=O)COCCc1ccc(C2CCC(O)C2)cc1. The van der Waals surface area contributed by atoms with Crippen LogP contribution in [-0.2, 0) is 20.7 Å². The lowest BCUT2D eigenvalue weighted by Gasteiger charge is -2.19. The summed E-state index contributed by atoms with van der Waals surface area (Å²) >= 11 is 0. The highest BCUT2D eigenvalue weighted by atomic mass is 16.6. The molecule has 0 spiro atoms. The molecule has 0 aliphatic heterocycles. The topological polar surface area (TPSA) is 55.8 Å². The van der Waals surface area contributed by atoms with Crippen molar-refractivity contribution in [1.82, 2.24) is 0 Å². The fraction of sp³-hybridized carbons (Fsp3) is 0.632. The lowest BCUT2D eigenvalue weighted by Crippen LogP contribution is -2.26. The summed E-state index contributed by atoms with van der Waals surface area (Å²) in [5.41, 5.74) is 2.03. The van der Waals surface area contributed by atoms with Gasteiger partial charge in [-0.2, -0.15) is 0 Å². The van der Waals surface area contributed by atoms with Crippen LogP contribution < -0.4 is 0 Å². The van der Waals surface area contributed by atoms with E-state index in [0.29, 0.717) is 12.5 Å². The van der Waals surface area contributed by atoms with E-state index in [1.807, 2.05) is 20.8 Å². The van der Waals surface area contributed by atoms with Crippen LogP contribution in [0, 0.1) is 0 Å². The highest BCUT2D eigenvalue weighted by Gasteiger charge is 2.23. The third kappa shape index (κ3) is 6.32. The Morgan fingerprint density at radius 1 is 1.22 bits per heavy atom. The number of ether oxygens (including phenoxy) is 2. The molecule has 1 N–H and O–H groups in total. The van der Waals surface area contributed by atoms with Crippen LogP contribution in [-0.4, -0.2) is 36.0 Å². The zero-order chi connectivity index (χ0) is 16.9. The number of carbonyl (C=O) groups is 1. The average Bonchev–Trinajstić information content (AvgIpc) is 2.89. The van der Waals surface area contributed by atoms with Crippen molar-refractivity contribution in [3.63, 3.8) is 0 Å². The summed E-state index contributed by atoms with van der Waals surface area (Å²) < 4.78 is 10.6. The molecule has 2 rings (SSSR count). The molecular formula is C19H28O4. The number of hydrogen-bond acceptors (Lipinski definition) is 4. The van der Waals surface area contributed by atoms with Gasteiger partial charge < -0.3 is 14.6 Å². The van der Waals surface area contributed by atoms with Gasteiger partial charge in [-0.1, -0.05) is 24.3 Å². The molecule has 128 valence electrons. The molecule has 1 aromatic carbocycles. The Bertz CT molecular complexity index is 501. The molecule has 4 nitrogen and oxygen atoms in total.